The van der Waals surface area contributed by atoms with Gasteiger partial charge in [0.25, 0.3) is 0 Å². The van der Waals surface area contributed by atoms with Gasteiger partial charge in [-0.1, -0.05) is 0 Å². The van der Waals surface area contributed by atoms with Gasteiger partial charge in [-0.2, -0.15) is 0 Å². The van der Waals surface area contributed by atoms with Gasteiger partial charge in [-0.15, -0.1) is 0 Å². The first-order valence-corrected chi connectivity index (χ1v) is 4.09. The van der Waals surface area contributed by atoms with Gasteiger partial charge in [0.1, 0.15) is 0 Å². The monoisotopic (exact) mass is 179 g/mol. The molecule has 0 saturated heterocycles. The lowest BCUT2D eigenvalue weighted by Gasteiger charge is -2.34. The van der Waals surface area contributed by atoms with Gasteiger partial charge in [-0.3, -0.25) is 0 Å². The zero-order valence-corrected chi connectivity index (χ0v) is 7.72. The molecule has 0 bridgehead atoms. The Labute approximate surface area is 75.5 Å². The standard InChI is InChI=1S/C8H20N.H2O.H4Si/c1-5-9(6-2,7-3)8-4;;/h5-8H2,1-4H3;1H2;1H4/q+1;;/p-1. The lowest BCUT2D eigenvalue weighted by molar-refractivity contribution is -0.921. The van der Waals surface area contributed by atoms with E-state index in [4.69, 9.17) is 0 Å². The van der Waals surface area contributed by atoms with Crippen molar-refractivity contribution in [2.45, 2.75) is 27.7 Å². The third-order valence-corrected chi connectivity index (χ3v) is 2.68. The average molecular weight is 179 g/mol. The maximum absolute atomic E-state index is 2.27. The van der Waals surface area contributed by atoms with Crippen molar-refractivity contribution >= 4 is 11.0 Å². The first kappa shape index (κ1) is 17.3. The van der Waals surface area contributed by atoms with Crippen LogP contribution in [0, 0.1) is 0 Å². The fourth-order valence-corrected chi connectivity index (χ4v) is 1.34. The molecule has 0 aliphatic carbocycles. The van der Waals surface area contributed by atoms with Gasteiger partial charge in [-0.25, -0.2) is 0 Å². The van der Waals surface area contributed by atoms with E-state index in [0.717, 1.165) is 0 Å². The highest BCUT2D eigenvalue weighted by Gasteiger charge is 2.16. The highest BCUT2D eigenvalue weighted by atomic mass is 28.1. The summed E-state index contributed by atoms with van der Waals surface area (Å²) in [4.78, 5) is 0. The summed E-state index contributed by atoms with van der Waals surface area (Å²) in [6.07, 6.45) is 0. The Morgan fingerprint density at radius 1 is 0.727 bits per heavy atom. The van der Waals surface area contributed by atoms with Crippen LogP contribution in [-0.4, -0.2) is 47.1 Å². The SMILES string of the molecule is CC[N+](CC)(CC)CC.[OH-].[SiH4]. The Kier molecular flexibility index (Phi) is 12.9. The molecule has 0 spiro atoms. The molecule has 11 heavy (non-hydrogen) atoms. The van der Waals surface area contributed by atoms with E-state index in [2.05, 4.69) is 27.7 Å². The van der Waals surface area contributed by atoms with Crippen LogP contribution in [0.5, 0.6) is 0 Å². The van der Waals surface area contributed by atoms with Crippen molar-refractivity contribution in [2.24, 2.45) is 0 Å². The molecule has 0 aromatic carbocycles. The lowest BCUT2D eigenvalue weighted by Crippen LogP contribution is -2.47. The zero-order valence-electron chi connectivity index (χ0n) is 7.72. The molecular formula is C8H25NOSi. The molecule has 72 valence electrons. The van der Waals surface area contributed by atoms with Gasteiger partial charge in [0.05, 0.1) is 26.2 Å². The van der Waals surface area contributed by atoms with Crippen molar-refractivity contribution in [3.8, 4) is 0 Å². The van der Waals surface area contributed by atoms with Gasteiger partial charge in [0.15, 0.2) is 0 Å². The van der Waals surface area contributed by atoms with Crippen LogP contribution in [0.15, 0.2) is 0 Å². The van der Waals surface area contributed by atoms with Crippen LogP contribution in [0.25, 0.3) is 0 Å². The van der Waals surface area contributed by atoms with Gasteiger partial charge >= 0.3 is 0 Å². The van der Waals surface area contributed by atoms with Crippen molar-refractivity contribution in [1.29, 1.82) is 0 Å². The van der Waals surface area contributed by atoms with Gasteiger partial charge in [0.2, 0.25) is 0 Å². The molecule has 0 atom stereocenters. The molecular weight excluding hydrogens is 154 g/mol. The van der Waals surface area contributed by atoms with Crippen LogP contribution in [0.2, 0.25) is 0 Å². The lowest BCUT2D eigenvalue weighted by atomic mass is 10.3. The van der Waals surface area contributed by atoms with Crippen molar-refractivity contribution in [1.82, 2.24) is 0 Å². The van der Waals surface area contributed by atoms with E-state index >= 15 is 0 Å². The van der Waals surface area contributed by atoms with E-state index in [1.54, 1.807) is 0 Å². The Morgan fingerprint density at radius 2 is 0.909 bits per heavy atom. The third kappa shape index (κ3) is 4.56. The minimum atomic E-state index is 0. The van der Waals surface area contributed by atoms with Crippen LogP contribution in [-0.2, 0) is 0 Å². The molecule has 0 aromatic rings. The second-order valence-electron chi connectivity index (χ2n) is 2.61. The number of nitrogens with zero attached hydrogens (tertiary/aromatic N) is 1. The topological polar surface area (TPSA) is 30.0 Å². The minimum Gasteiger partial charge on any atom is -0.870 e. The Morgan fingerprint density at radius 3 is 0.909 bits per heavy atom. The molecule has 0 unspecified atom stereocenters. The first-order chi connectivity index (χ1) is 4.24. The first-order valence-electron chi connectivity index (χ1n) is 4.09. The average Bonchev–Trinajstić information content (AvgIpc) is 1.95. The quantitative estimate of drug-likeness (QED) is 0.449. The molecule has 0 aromatic heterocycles. The number of hydrogen-bond donors (Lipinski definition) is 0. The van der Waals surface area contributed by atoms with Gasteiger partial charge in [0, 0.05) is 0 Å². The summed E-state index contributed by atoms with van der Waals surface area (Å²) in [5.41, 5.74) is 0. The summed E-state index contributed by atoms with van der Waals surface area (Å²) in [5.74, 6) is 0. The van der Waals surface area contributed by atoms with Crippen LogP contribution in [0.4, 0.5) is 0 Å². The van der Waals surface area contributed by atoms with Crippen molar-refractivity contribution in [2.75, 3.05) is 26.2 Å². The molecule has 0 fully saturated rings. The van der Waals surface area contributed by atoms with Crippen LogP contribution >= 0.6 is 0 Å². The fourth-order valence-electron chi connectivity index (χ4n) is 1.34. The Balaban J connectivity index is -0.000000320. The molecule has 0 heterocycles. The largest absolute Gasteiger partial charge is 0.870 e. The third-order valence-electron chi connectivity index (χ3n) is 2.68. The molecule has 0 radical (unpaired) electrons. The predicted molar refractivity (Wildman–Crippen MR) is 55.7 cm³/mol. The Bertz CT molecular complexity index is 57.0. The highest BCUT2D eigenvalue weighted by molar-refractivity contribution is 5.75. The van der Waals surface area contributed by atoms with Crippen molar-refractivity contribution in [3.05, 3.63) is 0 Å². The second-order valence-corrected chi connectivity index (χ2v) is 2.61. The highest BCUT2D eigenvalue weighted by Crippen LogP contribution is 2.03. The summed E-state index contributed by atoms with van der Waals surface area (Å²) >= 11 is 0. The molecule has 0 amide bonds. The minimum absolute atomic E-state index is 0. The molecule has 2 nitrogen and oxygen atoms in total. The van der Waals surface area contributed by atoms with Crippen molar-refractivity contribution in [3.63, 3.8) is 0 Å². The molecule has 1 N–H and O–H groups in total. The summed E-state index contributed by atoms with van der Waals surface area (Å²) in [6.45, 7) is 14.2. The molecule has 0 aliphatic rings. The fraction of sp³-hybridized carbons (Fsp3) is 1.00. The van der Waals surface area contributed by atoms with Gasteiger partial charge < -0.3 is 9.96 Å². The Hall–Kier alpha value is 0.137. The van der Waals surface area contributed by atoms with Crippen molar-refractivity contribution < 1.29 is 9.96 Å². The summed E-state index contributed by atoms with van der Waals surface area (Å²) in [5, 5.41) is 0. The number of hydrogen-bond acceptors (Lipinski definition) is 1. The smallest absolute Gasteiger partial charge is 0.0757 e. The molecule has 0 rings (SSSR count). The van der Waals surface area contributed by atoms with Crippen LogP contribution < -0.4 is 0 Å². The molecule has 3 heteroatoms. The second kappa shape index (κ2) is 8.24. The van der Waals surface area contributed by atoms with E-state index in [0.29, 0.717) is 0 Å². The zero-order chi connectivity index (χ0) is 7.33. The van der Waals surface area contributed by atoms with E-state index in [1.807, 2.05) is 0 Å². The predicted octanol–water partition coefficient (Wildman–Crippen LogP) is 0.254. The molecule has 0 saturated carbocycles. The van der Waals surface area contributed by atoms with E-state index in [9.17, 15) is 0 Å². The number of quaternary nitrogens is 1. The maximum atomic E-state index is 2.27. The summed E-state index contributed by atoms with van der Waals surface area (Å²) in [7, 11) is 0. The van der Waals surface area contributed by atoms with E-state index in [-0.39, 0.29) is 16.4 Å². The summed E-state index contributed by atoms with van der Waals surface area (Å²) in [6, 6.07) is 0. The summed E-state index contributed by atoms with van der Waals surface area (Å²) < 4.78 is 1.28. The molecule has 0 aliphatic heterocycles. The van der Waals surface area contributed by atoms with E-state index in [1.165, 1.54) is 30.7 Å². The van der Waals surface area contributed by atoms with E-state index < -0.39 is 0 Å². The van der Waals surface area contributed by atoms with Crippen LogP contribution in [0.3, 0.4) is 0 Å². The van der Waals surface area contributed by atoms with Gasteiger partial charge in [-0.05, 0) is 38.7 Å². The maximum Gasteiger partial charge on any atom is 0.0757 e. The normalized spacial score (nSPS) is 9.82. The van der Waals surface area contributed by atoms with Crippen LogP contribution in [0.1, 0.15) is 27.7 Å². The number of rotatable bonds is 4.